The quantitative estimate of drug-likeness (QED) is 0.631. The fourth-order valence-corrected chi connectivity index (χ4v) is 2.62. The van der Waals surface area contributed by atoms with Gasteiger partial charge in [0.1, 0.15) is 5.75 Å². The summed E-state index contributed by atoms with van der Waals surface area (Å²) >= 11 is 0. The first-order valence-corrected chi connectivity index (χ1v) is 9.43. The summed E-state index contributed by atoms with van der Waals surface area (Å²) in [6, 6.07) is 13.6. The molecule has 7 nitrogen and oxygen atoms in total. The van der Waals surface area contributed by atoms with Crippen LogP contribution < -0.4 is 15.8 Å². The van der Waals surface area contributed by atoms with Gasteiger partial charge in [-0.1, -0.05) is 32.0 Å². The average Bonchev–Trinajstić information content (AvgIpc) is 2.72. The van der Waals surface area contributed by atoms with Crippen LogP contribution in [0.2, 0.25) is 0 Å². The van der Waals surface area contributed by atoms with Crippen LogP contribution in [0.5, 0.6) is 5.75 Å². The van der Waals surface area contributed by atoms with Gasteiger partial charge >= 0.3 is 5.97 Å². The van der Waals surface area contributed by atoms with Crippen LogP contribution >= 0.6 is 0 Å². The highest BCUT2D eigenvalue weighted by atomic mass is 16.5. The number of nitrogens with one attached hydrogen (secondary N) is 1. The first-order chi connectivity index (χ1) is 13.8. The van der Waals surface area contributed by atoms with E-state index in [1.165, 1.54) is 31.2 Å². The fraction of sp³-hybridized carbons (Fsp3) is 0.318. The van der Waals surface area contributed by atoms with E-state index in [0.29, 0.717) is 17.4 Å². The lowest BCUT2D eigenvalue weighted by atomic mass is 9.97. The molecule has 0 radical (unpaired) electrons. The number of amides is 2. The zero-order chi connectivity index (χ0) is 21.4. The summed E-state index contributed by atoms with van der Waals surface area (Å²) in [5.74, 6) is -0.949. The van der Waals surface area contributed by atoms with Crippen molar-refractivity contribution in [1.29, 1.82) is 0 Å². The molecule has 0 aliphatic carbocycles. The second-order valence-electron chi connectivity index (χ2n) is 6.71. The third kappa shape index (κ3) is 6.34. The highest BCUT2D eigenvalue weighted by molar-refractivity contribution is 5.97. The Bertz CT molecular complexity index is 864. The Balaban J connectivity index is 1.97. The predicted molar refractivity (Wildman–Crippen MR) is 110 cm³/mol. The van der Waals surface area contributed by atoms with E-state index < -0.39 is 23.9 Å². The summed E-state index contributed by atoms with van der Waals surface area (Å²) in [7, 11) is 0. The molecular weight excluding hydrogens is 372 g/mol. The van der Waals surface area contributed by atoms with E-state index in [1.54, 1.807) is 0 Å². The molecule has 0 saturated heterocycles. The number of nitrogens with two attached hydrogens (primary N) is 1. The summed E-state index contributed by atoms with van der Waals surface area (Å²) in [6.07, 6.45) is -0.0328. The molecule has 29 heavy (non-hydrogen) atoms. The number of benzene rings is 2. The Kier molecular flexibility index (Phi) is 7.77. The second-order valence-corrected chi connectivity index (χ2v) is 6.71. The van der Waals surface area contributed by atoms with Crippen molar-refractivity contribution in [2.75, 3.05) is 11.9 Å². The van der Waals surface area contributed by atoms with E-state index in [2.05, 4.69) is 19.2 Å². The molecule has 2 amide bonds. The van der Waals surface area contributed by atoms with Crippen LogP contribution in [0.25, 0.3) is 0 Å². The molecule has 0 bridgehead atoms. The molecule has 0 spiro atoms. The van der Waals surface area contributed by atoms with Gasteiger partial charge in [-0.25, -0.2) is 4.79 Å². The summed E-state index contributed by atoms with van der Waals surface area (Å²) in [6.45, 7) is 5.44. The molecule has 2 atom stereocenters. The monoisotopic (exact) mass is 398 g/mol. The number of hydrogen-bond acceptors (Lipinski definition) is 5. The van der Waals surface area contributed by atoms with Crippen molar-refractivity contribution >= 4 is 23.5 Å². The lowest BCUT2D eigenvalue weighted by molar-refractivity contribution is -0.123. The molecule has 0 aromatic heterocycles. The van der Waals surface area contributed by atoms with Crippen LogP contribution in [0.15, 0.2) is 48.5 Å². The van der Waals surface area contributed by atoms with Gasteiger partial charge in [0.05, 0.1) is 5.56 Å². The Morgan fingerprint density at radius 3 is 2.31 bits per heavy atom. The molecule has 0 heterocycles. The summed E-state index contributed by atoms with van der Waals surface area (Å²) < 4.78 is 10.4. The van der Waals surface area contributed by atoms with Gasteiger partial charge in [0, 0.05) is 5.69 Å². The van der Waals surface area contributed by atoms with Crippen molar-refractivity contribution in [3.05, 3.63) is 59.7 Å². The third-order valence-corrected chi connectivity index (χ3v) is 4.49. The lowest BCUT2D eigenvalue weighted by Gasteiger charge is -2.18. The number of anilines is 1. The third-order valence-electron chi connectivity index (χ3n) is 4.49. The molecule has 3 N–H and O–H groups in total. The minimum atomic E-state index is -0.974. The smallest absolute Gasteiger partial charge is 0.338 e. The Labute approximate surface area is 170 Å². The number of hydrogen-bond donors (Lipinski definition) is 2. The molecule has 0 fully saturated rings. The Morgan fingerprint density at radius 1 is 1.03 bits per heavy atom. The van der Waals surface area contributed by atoms with Crippen LogP contribution in [0, 0.1) is 0 Å². The van der Waals surface area contributed by atoms with Crippen molar-refractivity contribution in [3.8, 4) is 5.75 Å². The standard InChI is InChI=1S/C22H26N2O5/c1-4-14(2)18-7-5-6-8-19(18)24-21(26)15(3)29-22(27)16-9-11-17(12-10-16)28-13-20(23)25/h5-12,14-15H,4,13H2,1-3H3,(H2,23,25)(H,24,26)/t14-,15-/m1/s1. The average molecular weight is 398 g/mol. The van der Waals surface area contributed by atoms with Gasteiger partial charge in [0.25, 0.3) is 11.8 Å². The van der Waals surface area contributed by atoms with Gasteiger partial charge in [-0.15, -0.1) is 0 Å². The Hall–Kier alpha value is -3.35. The maximum absolute atomic E-state index is 12.5. The van der Waals surface area contributed by atoms with E-state index in [1.807, 2.05) is 24.3 Å². The first kappa shape index (κ1) is 21.9. The van der Waals surface area contributed by atoms with E-state index in [0.717, 1.165) is 12.0 Å². The van der Waals surface area contributed by atoms with Gasteiger partial charge < -0.3 is 20.5 Å². The van der Waals surface area contributed by atoms with Crippen molar-refractivity contribution in [2.24, 2.45) is 5.73 Å². The van der Waals surface area contributed by atoms with E-state index >= 15 is 0 Å². The number of para-hydroxylation sites is 1. The SMILES string of the molecule is CC[C@@H](C)c1ccccc1NC(=O)[C@@H](C)OC(=O)c1ccc(OCC(N)=O)cc1. The number of carbonyl (C=O) groups excluding carboxylic acids is 3. The molecule has 0 aliphatic heterocycles. The van der Waals surface area contributed by atoms with Gasteiger partial charge in [-0.05, 0) is 55.2 Å². The van der Waals surface area contributed by atoms with Crippen LogP contribution in [0.1, 0.15) is 49.0 Å². The van der Waals surface area contributed by atoms with Crippen molar-refractivity contribution in [3.63, 3.8) is 0 Å². The molecule has 154 valence electrons. The van der Waals surface area contributed by atoms with Gasteiger partial charge in [0.2, 0.25) is 0 Å². The highest BCUT2D eigenvalue weighted by Gasteiger charge is 2.20. The maximum Gasteiger partial charge on any atom is 0.338 e. The molecule has 2 aromatic carbocycles. The van der Waals surface area contributed by atoms with E-state index in [9.17, 15) is 14.4 Å². The molecule has 7 heteroatoms. The van der Waals surface area contributed by atoms with Gasteiger partial charge in [0.15, 0.2) is 12.7 Å². The molecule has 2 rings (SSSR count). The topological polar surface area (TPSA) is 108 Å². The van der Waals surface area contributed by atoms with Gasteiger partial charge in [-0.2, -0.15) is 0 Å². The summed E-state index contributed by atoms with van der Waals surface area (Å²) in [5, 5.41) is 2.84. The van der Waals surface area contributed by atoms with Crippen molar-refractivity contribution in [2.45, 2.75) is 39.2 Å². The van der Waals surface area contributed by atoms with Gasteiger partial charge in [-0.3, -0.25) is 9.59 Å². The second kappa shape index (κ2) is 10.3. The van der Waals surface area contributed by atoms with Crippen LogP contribution in [-0.2, 0) is 14.3 Å². The van der Waals surface area contributed by atoms with Crippen LogP contribution in [0.4, 0.5) is 5.69 Å². The zero-order valence-electron chi connectivity index (χ0n) is 16.8. The highest BCUT2D eigenvalue weighted by Crippen LogP contribution is 2.26. The first-order valence-electron chi connectivity index (χ1n) is 9.43. The number of carbonyl (C=O) groups is 3. The molecule has 0 unspecified atom stereocenters. The molecular formula is C22H26N2O5. The number of primary amides is 1. The van der Waals surface area contributed by atoms with Crippen LogP contribution in [-0.4, -0.2) is 30.5 Å². The summed E-state index contributed by atoms with van der Waals surface area (Å²) in [5.41, 5.74) is 7.02. The Morgan fingerprint density at radius 2 is 1.69 bits per heavy atom. The lowest BCUT2D eigenvalue weighted by Crippen LogP contribution is -2.30. The van der Waals surface area contributed by atoms with Crippen LogP contribution in [0.3, 0.4) is 0 Å². The maximum atomic E-state index is 12.5. The van der Waals surface area contributed by atoms with E-state index in [4.69, 9.17) is 15.2 Å². The minimum absolute atomic E-state index is 0.251. The molecule has 2 aromatic rings. The normalized spacial score (nSPS) is 12.5. The van der Waals surface area contributed by atoms with E-state index in [-0.39, 0.29) is 12.2 Å². The van der Waals surface area contributed by atoms with Crippen molar-refractivity contribution < 1.29 is 23.9 Å². The largest absolute Gasteiger partial charge is 0.484 e. The molecule has 0 aliphatic rings. The predicted octanol–water partition coefficient (Wildman–Crippen LogP) is 3.25. The minimum Gasteiger partial charge on any atom is -0.484 e. The number of esters is 1. The van der Waals surface area contributed by atoms with Crippen molar-refractivity contribution in [1.82, 2.24) is 0 Å². The summed E-state index contributed by atoms with van der Waals surface area (Å²) in [4.78, 5) is 35.5. The fourth-order valence-electron chi connectivity index (χ4n) is 2.62. The number of rotatable bonds is 9. The zero-order valence-corrected chi connectivity index (χ0v) is 16.8. The number of ether oxygens (including phenoxy) is 2. The molecule has 0 saturated carbocycles.